The van der Waals surface area contributed by atoms with Crippen molar-refractivity contribution in [2.75, 3.05) is 13.7 Å². The summed E-state index contributed by atoms with van der Waals surface area (Å²) in [6.07, 6.45) is 4.26. The number of benzene rings is 1. The number of carbonyl (C=O) groups is 1. The highest BCUT2D eigenvalue weighted by Gasteiger charge is 2.40. The first-order valence-electron chi connectivity index (χ1n) is 7.77. The molecule has 2 heterocycles. The molecule has 2 bridgehead atoms. The summed E-state index contributed by atoms with van der Waals surface area (Å²) in [4.78, 5) is 14.8. The van der Waals surface area contributed by atoms with Gasteiger partial charge in [-0.25, -0.2) is 0 Å². The van der Waals surface area contributed by atoms with Gasteiger partial charge < -0.3 is 14.7 Å². The highest BCUT2D eigenvalue weighted by atomic mass is 79.9. The maximum Gasteiger partial charge on any atom is 0.316 e. The van der Waals surface area contributed by atoms with E-state index in [1.54, 1.807) is 0 Å². The van der Waals surface area contributed by atoms with Crippen molar-refractivity contribution in [2.45, 2.75) is 49.8 Å². The average Bonchev–Trinajstić information content (AvgIpc) is 2.72. The first-order valence-corrected chi connectivity index (χ1v) is 7.77. The van der Waals surface area contributed by atoms with E-state index in [-0.39, 0.29) is 35.7 Å². The van der Waals surface area contributed by atoms with Gasteiger partial charge in [0.05, 0.1) is 6.61 Å². The largest absolute Gasteiger partial charge is 0.462 e. The fourth-order valence-corrected chi connectivity index (χ4v) is 3.71. The number of aliphatic hydroxyl groups is 1. The Morgan fingerprint density at radius 3 is 2.41 bits per heavy atom. The highest BCUT2D eigenvalue weighted by Crippen LogP contribution is 2.36. The van der Waals surface area contributed by atoms with Crippen LogP contribution in [0.15, 0.2) is 30.3 Å². The Hall–Kier alpha value is -0.910. The van der Waals surface area contributed by atoms with E-state index >= 15 is 0 Å². The molecule has 0 saturated carbocycles. The van der Waals surface area contributed by atoms with Crippen molar-refractivity contribution in [3.63, 3.8) is 0 Å². The third-order valence-corrected chi connectivity index (χ3v) is 5.01. The smallest absolute Gasteiger partial charge is 0.316 e. The van der Waals surface area contributed by atoms with Crippen molar-refractivity contribution in [1.82, 2.24) is 4.90 Å². The quantitative estimate of drug-likeness (QED) is 0.828. The number of aliphatic hydroxyl groups excluding tert-OH is 1. The summed E-state index contributed by atoms with van der Waals surface area (Å²) in [6, 6.07) is 10.5. The number of carbonyl (C=O) groups excluding carboxylic acids is 1. The molecule has 1 aromatic rings. The Kier molecular flexibility index (Phi) is 6.01. The fraction of sp³-hybridized carbons (Fsp3) is 0.588. The molecule has 2 aliphatic heterocycles. The molecule has 4 nitrogen and oxygen atoms in total. The van der Waals surface area contributed by atoms with Gasteiger partial charge in [0.15, 0.2) is 0 Å². The molecule has 3 rings (SSSR count). The van der Waals surface area contributed by atoms with Gasteiger partial charge in [0, 0.05) is 12.1 Å². The van der Waals surface area contributed by atoms with E-state index < -0.39 is 5.92 Å². The molecule has 0 aliphatic carbocycles. The van der Waals surface area contributed by atoms with Gasteiger partial charge >= 0.3 is 5.97 Å². The topological polar surface area (TPSA) is 49.8 Å². The van der Waals surface area contributed by atoms with Crippen molar-refractivity contribution < 1.29 is 14.6 Å². The summed E-state index contributed by atoms with van der Waals surface area (Å²) < 4.78 is 5.70. The van der Waals surface area contributed by atoms with Crippen molar-refractivity contribution in [3.8, 4) is 0 Å². The number of esters is 1. The van der Waals surface area contributed by atoms with E-state index in [4.69, 9.17) is 4.74 Å². The van der Waals surface area contributed by atoms with E-state index in [0.717, 1.165) is 18.4 Å². The molecule has 2 unspecified atom stereocenters. The monoisotopic (exact) mass is 369 g/mol. The fourth-order valence-electron chi connectivity index (χ4n) is 3.71. The second kappa shape index (κ2) is 7.57. The van der Waals surface area contributed by atoms with Gasteiger partial charge in [-0.2, -0.15) is 0 Å². The number of halogens is 1. The van der Waals surface area contributed by atoms with Gasteiger partial charge in [-0.15, -0.1) is 17.0 Å². The molecule has 2 fully saturated rings. The van der Waals surface area contributed by atoms with Crippen LogP contribution >= 0.6 is 17.0 Å². The van der Waals surface area contributed by atoms with Crippen molar-refractivity contribution in [3.05, 3.63) is 35.9 Å². The minimum atomic E-state index is -0.566. The number of rotatable bonds is 4. The summed E-state index contributed by atoms with van der Waals surface area (Å²) in [7, 11) is 2.17. The van der Waals surface area contributed by atoms with Crippen LogP contribution in [0.4, 0.5) is 0 Å². The molecular formula is C17H24BrNO3. The Bertz CT molecular complexity index is 482. The van der Waals surface area contributed by atoms with Crippen LogP contribution in [0.25, 0.3) is 0 Å². The number of nitrogens with zero attached hydrogens (tertiary/aromatic N) is 1. The Morgan fingerprint density at radius 1 is 1.27 bits per heavy atom. The van der Waals surface area contributed by atoms with Gasteiger partial charge in [-0.05, 0) is 38.3 Å². The first kappa shape index (κ1) is 17.4. The van der Waals surface area contributed by atoms with Gasteiger partial charge in [-0.3, -0.25) is 4.79 Å². The number of ether oxygens (including phenoxy) is 1. The summed E-state index contributed by atoms with van der Waals surface area (Å²) >= 11 is 0. The van der Waals surface area contributed by atoms with E-state index in [2.05, 4.69) is 11.9 Å². The summed E-state index contributed by atoms with van der Waals surface area (Å²) in [5.74, 6) is -0.860. The molecule has 5 heteroatoms. The minimum Gasteiger partial charge on any atom is -0.462 e. The van der Waals surface area contributed by atoms with Gasteiger partial charge in [0.1, 0.15) is 12.0 Å². The van der Waals surface area contributed by atoms with Gasteiger partial charge in [0.2, 0.25) is 0 Å². The summed E-state index contributed by atoms with van der Waals surface area (Å²) in [5.41, 5.74) is 0.820. The molecule has 2 aliphatic rings. The highest BCUT2D eigenvalue weighted by molar-refractivity contribution is 8.93. The lowest BCUT2D eigenvalue weighted by Gasteiger charge is -2.36. The third kappa shape index (κ3) is 3.53. The van der Waals surface area contributed by atoms with Crippen LogP contribution < -0.4 is 0 Å². The minimum absolute atomic E-state index is 0. The average molecular weight is 370 g/mol. The predicted molar refractivity (Wildman–Crippen MR) is 90.3 cm³/mol. The normalized spacial score (nSPS) is 28.7. The molecule has 0 amide bonds. The Balaban J connectivity index is 0.00000176. The number of hydrogen-bond acceptors (Lipinski definition) is 4. The molecule has 1 N–H and O–H groups in total. The van der Waals surface area contributed by atoms with Crippen LogP contribution in [0.2, 0.25) is 0 Å². The molecular weight excluding hydrogens is 346 g/mol. The third-order valence-electron chi connectivity index (χ3n) is 5.01. The van der Waals surface area contributed by atoms with Crippen LogP contribution in [0.3, 0.4) is 0 Å². The van der Waals surface area contributed by atoms with Crippen molar-refractivity contribution >= 4 is 23.0 Å². The lowest BCUT2D eigenvalue weighted by Crippen LogP contribution is -2.43. The van der Waals surface area contributed by atoms with Crippen LogP contribution in [0.1, 0.15) is 37.2 Å². The molecule has 0 radical (unpaired) electrons. The summed E-state index contributed by atoms with van der Waals surface area (Å²) in [6.45, 7) is -0.206. The maximum atomic E-state index is 12.4. The van der Waals surface area contributed by atoms with E-state index in [1.165, 1.54) is 12.8 Å². The van der Waals surface area contributed by atoms with Crippen molar-refractivity contribution in [1.29, 1.82) is 0 Å². The van der Waals surface area contributed by atoms with Crippen molar-refractivity contribution in [2.24, 2.45) is 0 Å². The van der Waals surface area contributed by atoms with Gasteiger partial charge in [0.25, 0.3) is 0 Å². The molecule has 1 aromatic carbocycles. The van der Waals surface area contributed by atoms with E-state index in [0.29, 0.717) is 12.1 Å². The lowest BCUT2D eigenvalue weighted by atomic mass is 9.98. The van der Waals surface area contributed by atoms with E-state index in [9.17, 15) is 9.90 Å². The lowest BCUT2D eigenvalue weighted by molar-refractivity contribution is -0.155. The second-order valence-corrected chi connectivity index (χ2v) is 6.23. The van der Waals surface area contributed by atoms with Crippen LogP contribution in [0, 0.1) is 0 Å². The first-order chi connectivity index (χ1) is 10.2. The zero-order chi connectivity index (χ0) is 14.8. The molecule has 2 saturated heterocycles. The van der Waals surface area contributed by atoms with Gasteiger partial charge in [-0.1, -0.05) is 30.3 Å². The standard InChI is InChI=1S/C17H23NO3.BrH/c1-18-13-7-8-14(18)10-15(9-13)21-17(20)16(11-19)12-5-3-2-4-6-12;/h2-6,13-16,19H,7-11H2,1H3;1H/t13?,14?,15?,16-;/m1./s1. The Morgan fingerprint density at radius 2 is 1.86 bits per heavy atom. The Labute approximate surface area is 142 Å². The number of hydrogen-bond donors (Lipinski definition) is 1. The number of piperidine rings is 1. The van der Waals surface area contributed by atoms with Crippen LogP contribution in [-0.2, 0) is 9.53 Å². The zero-order valence-electron chi connectivity index (χ0n) is 12.9. The van der Waals surface area contributed by atoms with Crippen LogP contribution in [0.5, 0.6) is 0 Å². The second-order valence-electron chi connectivity index (χ2n) is 6.23. The molecule has 3 atom stereocenters. The number of fused-ring (bicyclic) bond motifs is 2. The maximum absolute atomic E-state index is 12.4. The predicted octanol–water partition coefficient (Wildman–Crippen LogP) is 2.51. The molecule has 22 heavy (non-hydrogen) atoms. The molecule has 122 valence electrons. The molecule has 0 aromatic heterocycles. The van der Waals surface area contributed by atoms with E-state index in [1.807, 2.05) is 30.3 Å². The molecule has 0 spiro atoms. The SMILES string of the molecule is Br.CN1C2CCC1CC(OC(=O)[C@H](CO)c1ccccc1)C2. The zero-order valence-corrected chi connectivity index (χ0v) is 14.6. The summed E-state index contributed by atoms with van der Waals surface area (Å²) in [5, 5.41) is 9.53. The van der Waals surface area contributed by atoms with Crippen LogP contribution in [-0.4, -0.2) is 47.8 Å².